The van der Waals surface area contributed by atoms with Gasteiger partial charge < -0.3 is 10.6 Å². The summed E-state index contributed by atoms with van der Waals surface area (Å²) in [5, 5.41) is 10.1. The fraction of sp³-hybridized carbons (Fsp3) is 0.875. The van der Waals surface area contributed by atoms with Gasteiger partial charge in [-0.3, -0.25) is 5.32 Å². The van der Waals surface area contributed by atoms with Crippen LogP contribution < -0.4 is 16.0 Å². The molecule has 0 aliphatic heterocycles. The lowest BCUT2D eigenvalue weighted by molar-refractivity contribution is 0.570. The average Bonchev–Trinajstić information content (AvgIpc) is 1.84. The molecule has 0 rings (SSSR count). The third-order valence-corrected chi connectivity index (χ3v) is 1.44. The molecule has 3 N–H and O–H groups in total. The zero-order chi connectivity index (χ0) is 9.56. The number of hydrogen-bond acceptors (Lipinski definition) is 2. The lowest BCUT2D eigenvalue weighted by Gasteiger charge is -2.14. The number of thiocarbonyl (C=S) groups is 1. The summed E-state index contributed by atoms with van der Waals surface area (Å²) in [6.45, 7) is 9.03. The molecule has 0 saturated carbocycles. The van der Waals surface area contributed by atoms with E-state index in [1.165, 1.54) is 0 Å². The summed E-state index contributed by atoms with van der Waals surface area (Å²) < 4.78 is 0. The van der Waals surface area contributed by atoms with E-state index < -0.39 is 0 Å². The zero-order valence-corrected chi connectivity index (χ0v) is 9.09. The van der Waals surface area contributed by atoms with E-state index in [9.17, 15) is 0 Å². The SMILES string of the molecule is CC(C)NCNC(=S)NC(C)C. The Balaban J connectivity index is 3.32. The first-order valence-electron chi connectivity index (χ1n) is 4.30. The Kier molecular flexibility index (Phi) is 6.02. The predicted octanol–water partition coefficient (Wildman–Crippen LogP) is 0.814. The Morgan fingerprint density at radius 2 is 1.75 bits per heavy atom. The lowest BCUT2D eigenvalue weighted by atomic mass is 10.4. The van der Waals surface area contributed by atoms with Gasteiger partial charge in [-0.2, -0.15) is 0 Å². The van der Waals surface area contributed by atoms with E-state index in [1.54, 1.807) is 0 Å². The van der Waals surface area contributed by atoms with Crippen molar-refractivity contribution in [1.29, 1.82) is 0 Å². The second-order valence-electron chi connectivity index (χ2n) is 3.34. The summed E-state index contributed by atoms with van der Waals surface area (Å²) in [6.07, 6.45) is 0. The van der Waals surface area contributed by atoms with Gasteiger partial charge in [-0.25, -0.2) is 0 Å². The Bertz CT molecular complexity index is 134. The predicted molar refractivity (Wildman–Crippen MR) is 57.1 cm³/mol. The Hall–Kier alpha value is -0.350. The molecule has 0 spiro atoms. The Morgan fingerprint density at radius 1 is 1.17 bits per heavy atom. The van der Waals surface area contributed by atoms with E-state index in [0.717, 1.165) is 6.67 Å². The van der Waals surface area contributed by atoms with Crippen molar-refractivity contribution in [3.63, 3.8) is 0 Å². The van der Waals surface area contributed by atoms with Crippen LogP contribution in [0.3, 0.4) is 0 Å². The highest BCUT2D eigenvalue weighted by molar-refractivity contribution is 7.80. The van der Waals surface area contributed by atoms with Crippen LogP contribution in [0.25, 0.3) is 0 Å². The fourth-order valence-electron chi connectivity index (χ4n) is 0.649. The van der Waals surface area contributed by atoms with Gasteiger partial charge in [0.05, 0.1) is 6.67 Å². The van der Waals surface area contributed by atoms with Crippen molar-refractivity contribution in [2.75, 3.05) is 6.67 Å². The van der Waals surface area contributed by atoms with Crippen molar-refractivity contribution in [3.8, 4) is 0 Å². The van der Waals surface area contributed by atoms with Crippen LogP contribution >= 0.6 is 12.2 Å². The maximum Gasteiger partial charge on any atom is 0.167 e. The summed E-state index contributed by atoms with van der Waals surface area (Å²) in [7, 11) is 0. The minimum atomic E-state index is 0.393. The highest BCUT2D eigenvalue weighted by Gasteiger charge is 1.96. The first-order valence-corrected chi connectivity index (χ1v) is 4.71. The van der Waals surface area contributed by atoms with E-state index in [1.807, 2.05) is 0 Å². The molecule has 3 nitrogen and oxygen atoms in total. The molecule has 0 aliphatic carbocycles. The first-order chi connectivity index (χ1) is 5.52. The molecule has 0 aliphatic rings. The topological polar surface area (TPSA) is 36.1 Å². The van der Waals surface area contributed by atoms with Crippen molar-refractivity contribution >= 4 is 17.3 Å². The highest BCUT2D eigenvalue weighted by atomic mass is 32.1. The molecule has 0 aromatic carbocycles. The standard InChI is InChI=1S/C8H19N3S/c1-6(2)9-5-10-8(12)11-7(3)4/h6-7,9H,5H2,1-4H3,(H2,10,11,12). The Morgan fingerprint density at radius 3 is 2.17 bits per heavy atom. The minimum absolute atomic E-state index is 0.393. The van der Waals surface area contributed by atoms with Crippen LogP contribution in [-0.4, -0.2) is 23.9 Å². The molecule has 0 heterocycles. The molecule has 0 amide bonds. The molecular formula is C8H19N3S. The van der Waals surface area contributed by atoms with Gasteiger partial charge in [-0.1, -0.05) is 0 Å². The summed E-state index contributed by atoms with van der Waals surface area (Å²) in [5.74, 6) is 0. The lowest BCUT2D eigenvalue weighted by Crippen LogP contribution is -2.44. The molecule has 0 aromatic heterocycles. The van der Waals surface area contributed by atoms with Crippen molar-refractivity contribution in [2.24, 2.45) is 0 Å². The van der Waals surface area contributed by atoms with Crippen molar-refractivity contribution in [3.05, 3.63) is 0 Å². The molecule has 0 bridgehead atoms. The molecule has 0 atom stereocenters. The first kappa shape index (κ1) is 11.6. The third-order valence-electron chi connectivity index (χ3n) is 1.18. The molecule has 0 saturated heterocycles. The largest absolute Gasteiger partial charge is 0.361 e. The van der Waals surface area contributed by atoms with Gasteiger partial charge in [0.2, 0.25) is 0 Å². The molecule has 4 heteroatoms. The van der Waals surface area contributed by atoms with Gasteiger partial charge in [0.1, 0.15) is 0 Å². The summed E-state index contributed by atoms with van der Waals surface area (Å²) in [5.41, 5.74) is 0. The van der Waals surface area contributed by atoms with Gasteiger partial charge in [0.15, 0.2) is 5.11 Å². The Labute approximate surface area is 80.3 Å². The molecule has 0 unspecified atom stereocenters. The smallest absolute Gasteiger partial charge is 0.167 e. The minimum Gasteiger partial charge on any atom is -0.361 e. The normalized spacial score (nSPS) is 10.5. The van der Waals surface area contributed by atoms with Crippen molar-refractivity contribution < 1.29 is 0 Å². The van der Waals surface area contributed by atoms with E-state index in [4.69, 9.17) is 12.2 Å². The van der Waals surface area contributed by atoms with Crippen LogP contribution in [0, 0.1) is 0 Å². The van der Waals surface area contributed by atoms with Crippen LogP contribution in [0.2, 0.25) is 0 Å². The fourth-order valence-corrected chi connectivity index (χ4v) is 0.957. The summed E-state index contributed by atoms with van der Waals surface area (Å²) in [4.78, 5) is 0. The summed E-state index contributed by atoms with van der Waals surface area (Å²) in [6, 6.07) is 0.878. The van der Waals surface area contributed by atoms with Gasteiger partial charge in [-0.15, -0.1) is 0 Å². The van der Waals surface area contributed by atoms with E-state index in [-0.39, 0.29) is 0 Å². The number of nitrogens with one attached hydrogen (secondary N) is 3. The maximum atomic E-state index is 5.02. The molecule has 0 fully saturated rings. The highest BCUT2D eigenvalue weighted by Crippen LogP contribution is 1.77. The number of hydrogen-bond donors (Lipinski definition) is 3. The van der Waals surface area contributed by atoms with E-state index in [2.05, 4.69) is 43.6 Å². The third kappa shape index (κ3) is 7.75. The monoisotopic (exact) mass is 189 g/mol. The molecule has 72 valence electrons. The maximum absolute atomic E-state index is 5.02. The van der Waals surface area contributed by atoms with E-state index >= 15 is 0 Å². The zero-order valence-electron chi connectivity index (χ0n) is 8.27. The second kappa shape index (κ2) is 6.20. The van der Waals surface area contributed by atoms with Crippen LogP contribution in [0.1, 0.15) is 27.7 Å². The van der Waals surface area contributed by atoms with Crippen LogP contribution in [0.5, 0.6) is 0 Å². The molecule has 0 radical (unpaired) electrons. The van der Waals surface area contributed by atoms with Crippen LogP contribution in [-0.2, 0) is 0 Å². The molecule has 12 heavy (non-hydrogen) atoms. The van der Waals surface area contributed by atoms with Gasteiger partial charge in [0, 0.05) is 12.1 Å². The number of rotatable bonds is 4. The van der Waals surface area contributed by atoms with E-state index in [0.29, 0.717) is 17.2 Å². The second-order valence-corrected chi connectivity index (χ2v) is 3.75. The molecule has 0 aromatic rings. The summed E-state index contributed by atoms with van der Waals surface area (Å²) >= 11 is 5.02. The van der Waals surface area contributed by atoms with Gasteiger partial charge in [-0.05, 0) is 39.9 Å². The average molecular weight is 189 g/mol. The van der Waals surface area contributed by atoms with Crippen LogP contribution in [0.4, 0.5) is 0 Å². The quantitative estimate of drug-likeness (QED) is 0.452. The van der Waals surface area contributed by atoms with Gasteiger partial charge in [0.25, 0.3) is 0 Å². The van der Waals surface area contributed by atoms with Crippen LogP contribution in [0.15, 0.2) is 0 Å². The molecular weight excluding hydrogens is 170 g/mol. The van der Waals surface area contributed by atoms with Crippen molar-refractivity contribution in [2.45, 2.75) is 39.8 Å². The van der Waals surface area contributed by atoms with Crippen molar-refractivity contribution in [1.82, 2.24) is 16.0 Å². The van der Waals surface area contributed by atoms with Gasteiger partial charge >= 0.3 is 0 Å².